The van der Waals surface area contributed by atoms with Crippen LogP contribution in [0.15, 0.2) is 24.7 Å². The standard InChI is InChI=1S/C10H12N4O/c1-13-6-4-11-10(13)9(15)7-8-3-5-14(2)12-8/h3-6H,7H2,1-2H3. The first-order valence-corrected chi connectivity index (χ1v) is 4.66. The Kier molecular flexibility index (Phi) is 2.37. The number of aromatic nitrogens is 4. The van der Waals surface area contributed by atoms with E-state index in [0.29, 0.717) is 12.2 Å². The van der Waals surface area contributed by atoms with Gasteiger partial charge in [0.15, 0.2) is 5.82 Å². The molecule has 0 radical (unpaired) electrons. The van der Waals surface area contributed by atoms with Gasteiger partial charge in [0.05, 0.1) is 12.1 Å². The van der Waals surface area contributed by atoms with Gasteiger partial charge in [-0.2, -0.15) is 5.10 Å². The monoisotopic (exact) mass is 204 g/mol. The third kappa shape index (κ3) is 1.96. The maximum absolute atomic E-state index is 11.8. The van der Waals surface area contributed by atoms with Crippen molar-refractivity contribution in [2.45, 2.75) is 6.42 Å². The van der Waals surface area contributed by atoms with Gasteiger partial charge in [-0.3, -0.25) is 9.48 Å². The van der Waals surface area contributed by atoms with Gasteiger partial charge in [-0.05, 0) is 6.07 Å². The van der Waals surface area contributed by atoms with E-state index in [0.717, 1.165) is 5.69 Å². The lowest BCUT2D eigenvalue weighted by Gasteiger charge is -1.98. The molecule has 5 nitrogen and oxygen atoms in total. The van der Waals surface area contributed by atoms with Crippen molar-refractivity contribution in [1.82, 2.24) is 19.3 Å². The van der Waals surface area contributed by atoms with Crippen molar-refractivity contribution in [2.75, 3.05) is 0 Å². The van der Waals surface area contributed by atoms with Gasteiger partial charge in [0.2, 0.25) is 5.78 Å². The van der Waals surface area contributed by atoms with Crippen LogP contribution in [0.4, 0.5) is 0 Å². The van der Waals surface area contributed by atoms with E-state index in [1.165, 1.54) is 0 Å². The SMILES string of the molecule is Cn1ccc(CC(=O)c2nccn2C)n1. The first kappa shape index (κ1) is 9.64. The molecule has 0 aromatic carbocycles. The van der Waals surface area contributed by atoms with Crippen LogP contribution >= 0.6 is 0 Å². The fourth-order valence-electron chi connectivity index (χ4n) is 1.44. The molecule has 0 spiro atoms. The molecule has 0 amide bonds. The third-order valence-electron chi connectivity index (χ3n) is 2.18. The number of aryl methyl sites for hydroxylation is 2. The van der Waals surface area contributed by atoms with E-state index in [-0.39, 0.29) is 5.78 Å². The lowest BCUT2D eigenvalue weighted by atomic mass is 10.2. The third-order valence-corrected chi connectivity index (χ3v) is 2.18. The van der Waals surface area contributed by atoms with Gasteiger partial charge in [0.1, 0.15) is 0 Å². The van der Waals surface area contributed by atoms with Crippen molar-refractivity contribution in [3.05, 3.63) is 36.2 Å². The Labute approximate surface area is 87.4 Å². The first-order chi connectivity index (χ1) is 7.16. The number of nitrogens with zero attached hydrogens (tertiary/aromatic N) is 4. The van der Waals surface area contributed by atoms with E-state index < -0.39 is 0 Å². The molecule has 2 heterocycles. The molecule has 0 saturated heterocycles. The van der Waals surface area contributed by atoms with E-state index >= 15 is 0 Å². The highest BCUT2D eigenvalue weighted by molar-refractivity contribution is 5.94. The average molecular weight is 204 g/mol. The molecule has 0 aliphatic heterocycles. The Bertz CT molecular complexity index is 483. The van der Waals surface area contributed by atoms with Gasteiger partial charge in [-0.1, -0.05) is 0 Å². The molecule has 2 aromatic rings. The Hall–Kier alpha value is -1.91. The van der Waals surface area contributed by atoms with Crippen LogP contribution in [0.5, 0.6) is 0 Å². The fraction of sp³-hybridized carbons (Fsp3) is 0.300. The molecule has 0 atom stereocenters. The normalized spacial score (nSPS) is 10.5. The second-order valence-electron chi connectivity index (χ2n) is 3.44. The second-order valence-corrected chi connectivity index (χ2v) is 3.44. The fourth-order valence-corrected chi connectivity index (χ4v) is 1.44. The summed E-state index contributed by atoms with van der Waals surface area (Å²) in [5.41, 5.74) is 0.769. The van der Waals surface area contributed by atoms with Crippen LogP contribution in [0.25, 0.3) is 0 Å². The van der Waals surface area contributed by atoms with Gasteiger partial charge < -0.3 is 4.57 Å². The van der Waals surface area contributed by atoms with Crippen molar-refractivity contribution in [1.29, 1.82) is 0 Å². The van der Waals surface area contributed by atoms with Crippen molar-refractivity contribution >= 4 is 5.78 Å². The Morgan fingerprint density at radius 3 is 2.73 bits per heavy atom. The van der Waals surface area contributed by atoms with Crippen molar-refractivity contribution in [3.8, 4) is 0 Å². The molecular formula is C10H12N4O. The van der Waals surface area contributed by atoms with Gasteiger partial charge in [0, 0.05) is 32.7 Å². The minimum absolute atomic E-state index is 0.0128. The topological polar surface area (TPSA) is 52.7 Å². The molecule has 0 fully saturated rings. The average Bonchev–Trinajstić information content (AvgIpc) is 2.75. The summed E-state index contributed by atoms with van der Waals surface area (Å²) in [7, 11) is 3.63. The van der Waals surface area contributed by atoms with Gasteiger partial charge in [0.25, 0.3) is 0 Å². The number of carbonyl (C=O) groups is 1. The van der Waals surface area contributed by atoms with E-state index in [4.69, 9.17) is 0 Å². The van der Waals surface area contributed by atoms with Crippen molar-refractivity contribution < 1.29 is 4.79 Å². The molecule has 0 aliphatic rings. The maximum atomic E-state index is 11.8. The molecule has 0 bridgehead atoms. The van der Waals surface area contributed by atoms with Gasteiger partial charge in [-0.25, -0.2) is 4.98 Å². The van der Waals surface area contributed by atoms with Crippen LogP contribution in [0.3, 0.4) is 0 Å². The summed E-state index contributed by atoms with van der Waals surface area (Å²) >= 11 is 0. The quantitative estimate of drug-likeness (QED) is 0.687. The molecule has 0 aliphatic carbocycles. The minimum atomic E-state index is -0.0128. The zero-order valence-corrected chi connectivity index (χ0v) is 8.71. The van der Waals surface area contributed by atoms with Crippen LogP contribution in [-0.4, -0.2) is 25.1 Å². The lowest BCUT2D eigenvalue weighted by molar-refractivity contribution is 0.0979. The predicted octanol–water partition coefficient (Wildman–Crippen LogP) is 0.579. The molecule has 2 rings (SSSR count). The Morgan fingerprint density at radius 2 is 2.20 bits per heavy atom. The van der Waals surface area contributed by atoms with Crippen LogP contribution in [-0.2, 0) is 20.5 Å². The first-order valence-electron chi connectivity index (χ1n) is 4.66. The maximum Gasteiger partial charge on any atom is 0.204 e. The summed E-state index contributed by atoms with van der Waals surface area (Å²) in [5.74, 6) is 0.460. The molecule has 78 valence electrons. The zero-order valence-electron chi connectivity index (χ0n) is 8.71. The summed E-state index contributed by atoms with van der Waals surface area (Å²) in [6.07, 6.45) is 5.49. The number of Topliss-reactive ketones (excluding diaryl/α,β-unsaturated/α-hetero) is 1. The number of carbonyl (C=O) groups excluding carboxylic acids is 1. The number of hydrogen-bond donors (Lipinski definition) is 0. The Balaban J connectivity index is 2.14. The number of ketones is 1. The second kappa shape index (κ2) is 3.68. The largest absolute Gasteiger partial charge is 0.332 e. The van der Waals surface area contributed by atoms with Crippen molar-refractivity contribution in [3.63, 3.8) is 0 Å². The van der Waals surface area contributed by atoms with E-state index in [9.17, 15) is 4.79 Å². The minimum Gasteiger partial charge on any atom is -0.332 e. The zero-order chi connectivity index (χ0) is 10.8. The van der Waals surface area contributed by atoms with Crippen LogP contribution < -0.4 is 0 Å². The molecule has 5 heteroatoms. The molecular weight excluding hydrogens is 192 g/mol. The highest BCUT2D eigenvalue weighted by Crippen LogP contribution is 2.03. The predicted molar refractivity (Wildman–Crippen MR) is 54.5 cm³/mol. The van der Waals surface area contributed by atoms with Gasteiger partial charge >= 0.3 is 0 Å². The summed E-state index contributed by atoms with van der Waals surface area (Å²) in [6.45, 7) is 0. The van der Waals surface area contributed by atoms with E-state index in [1.54, 1.807) is 28.7 Å². The number of hydrogen-bond acceptors (Lipinski definition) is 3. The number of imidazole rings is 1. The van der Waals surface area contributed by atoms with Crippen LogP contribution in [0.2, 0.25) is 0 Å². The van der Waals surface area contributed by atoms with Crippen LogP contribution in [0.1, 0.15) is 16.3 Å². The van der Waals surface area contributed by atoms with E-state index in [1.807, 2.05) is 19.3 Å². The molecule has 0 saturated carbocycles. The molecule has 2 aromatic heterocycles. The molecule has 0 N–H and O–H groups in total. The summed E-state index contributed by atoms with van der Waals surface area (Å²) in [4.78, 5) is 15.8. The highest BCUT2D eigenvalue weighted by Gasteiger charge is 2.12. The van der Waals surface area contributed by atoms with Gasteiger partial charge in [-0.15, -0.1) is 0 Å². The molecule has 15 heavy (non-hydrogen) atoms. The Morgan fingerprint density at radius 1 is 1.40 bits per heavy atom. The smallest absolute Gasteiger partial charge is 0.204 e. The van der Waals surface area contributed by atoms with Crippen LogP contribution in [0, 0.1) is 0 Å². The lowest BCUT2D eigenvalue weighted by Crippen LogP contribution is -2.10. The van der Waals surface area contributed by atoms with Crippen molar-refractivity contribution in [2.24, 2.45) is 14.1 Å². The summed E-state index contributed by atoms with van der Waals surface area (Å²) < 4.78 is 3.40. The number of rotatable bonds is 3. The molecule has 0 unspecified atom stereocenters. The summed E-state index contributed by atoms with van der Waals surface area (Å²) in [5, 5.41) is 4.15. The highest BCUT2D eigenvalue weighted by atomic mass is 16.1. The van der Waals surface area contributed by atoms with E-state index in [2.05, 4.69) is 10.1 Å². The summed E-state index contributed by atoms with van der Waals surface area (Å²) in [6, 6.07) is 1.83.